The van der Waals surface area contributed by atoms with Crippen LogP contribution in [0.15, 0.2) is 42.5 Å². The molecule has 0 saturated carbocycles. The Morgan fingerprint density at radius 2 is 1.75 bits per heavy atom. The molecule has 0 bridgehead atoms. The van der Waals surface area contributed by atoms with Crippen LogP contribution in [0, 0.1) is 12.7 Å². The van der Waals surface area contributed by atoms with Crippen LogP contribution in [-0.2, 0) is 0 Å². The van der Waals surface area contributed by atoms with Crippen molar-refractivity contribution in [2.45, 2.75) is 19.6 Å². The van der Waals surface area contributed by atoms with Crippen molar-refractivity contribution in [3.8, 4) is 5.75 Å². The Balaban J connectivity index is 2.40. The summed E-state index contributed by atoms with van der Waals surface area (Å²) in [4.78, 5) is 0. The normalized spacial score (nSPS) is 12.5. The molecule has 0 aromatic heterocycles. The number of hydrogen-bond acceptors (Lipinski definition) is 2. The summed E-state index contributed by atoms with van der Waals surface area (Å²) >= 11 is 0. The van der Waals surface area contributed by atoms with Crippen molar-refractivity contribution in [3.63, 3.8) is 0 Å². The number of aryl methyl sites for hydroxylation is 1. The van der Waals surface area contributed by atoms with Gasteiger partial charge in [0.05, 0.1) is 6.04 Å². The SMILES string of the molecule is Cc1cc(F)ccc1C(N)c1ccccc1OC(F)F. The topological polar surface area (TPSA) is 35.2 Å². The molecule has 2 nitrogen and oxygen atoms in total. The predicted octanol–water partition coefficient (Wildman–Crippen LogP) is 3.78. The lowest BCUT2D eigenvalue weighted by molar-refractivity contribution is -0.0505. The lowest BCUT2D eigenvalue weighted by Gasteiger charge is -2.18. The third-order valence-corrected chi connectivity index (χ3v) is 3.04. The predicted molar refractivity (Wildman–Crippen MR) is 70.2 cm³/mol. The molecule has 0 radical (unpaired) electrons. The summed E-state index contributed by atoms with van der Waals surface area (Å²) in [5, 5.41) is 0. The monoisotopic (exact) mass is 281 g/mol. The maximum Gasteiger partial charge on any atom is 0.387 e. The van der Waals surface area contributed by atoms with Gasteiger partial charge in [0.2, 0.25) is 0 Å². The molecule has 106 valence electrons. The fourth-order valence-corrected chi connectivity index (χ4v) is 2.10. The molecule has 1 atom stereocenters. The van der Waals surface area contributed by atoms with Crippen LogP contribution in [0.2, 0.25) is 0 Å². The highest BCUT2D eigenvalue weighted by Gasteiger charge is 2.18. The number of alkyl halides is 2. The molecule has 2 aromatic carbocycles. The second-order valence-electron chi connectivity index (χ2n) is 4.39. The minimum atomic E-state index is -2.92. The maximum atomic E-state index is 13.1. The van der Waals surface area contributed by atoms with Crippen LogP contribution in [0.4, 0.5) is 13.2 Å². The van der Waals surface area contributed by atoms with Crippen LogP contribution in [-0.4, -0.2) is 6.61 Å². The highest BCUT2D eigenvalue weighted by atomic mass is 19.3. The lowest BCUT2D eigenvalue weighted by atomic mass is 9.95. The van der Waals surface area contributed by atoms with Crippen molar-refractivity contribution in [2.24, 2.45) is 5.73 Å². The van der Waals surface area contributed by atoms with E-state index >= 15 is 0 Å². The van der Waals surface area contributed by atoms with E-state index in [1.165, 1.54) is 18.2 Å². The van der Waals surface area contributed by atoms with Gasteiger partial charge in [-0.05, 0) is 36.2 Å². The van der Waals surface area contributed by atoms with Crippen molar-refractivity contribution >= 4 is 0 Å². The van der Waals surface area contributed by atoms with Gasteiger partial charge in [0.1, 0.15) is 11.6 Å². The first-order valence-corrected chi connectivity index (χ1v) is 6.04. The first-order chi connectivity index (χ1) is 9.49. The lowest BCUT2D eigenvalue weighted by Crippen LogP contribution is -2.16. The van der Waals surface area contributed by atoms with Crippen molar-refractivity contribution in [2.75, 3.05) is 0 Å². The summed E-state index contributed by atoms with van der Waals surface area (Å²) in [5.74, 6) is -0.339. The third kappa shape index (κ3) is 3.11. The minimum absolute atomic E-state index is 0.0266. The summed E-state index contributed by atoms with van der Waals surface area (Å²) in [6.07, 6.45) is 0. The van der Waals surface area contributed by atoms with Crippen LogP contribution in [0.25, 0.3) is 0 Å². The third-order valence-electron chi connectivity index (χ3n) is 3.04. The molecule has 0 aliphatic heterocycles. The Morgan fingerprint density at radius 3 is 2.40 bits per heavy atom. The molecule has 0 aliphatic carbocycles. The van der Waals surface area contributed by atoms with Gasteiger partial charge in [-0.15, -0.1) is 0 Å². The molecule has 0 heterocycles. The van der Waals surface area contributed by atoms with Gasteiger partial charge in [-0.3, -0.25) is 0 Å². The number of benzene rings is 2. The van der Waals surface area contributed by atoms with E-state index < -0.39 is 12.7 Å². The minimum Gasteiger partial charge on any atom is -0.434 e. The average molecular weight is 281 g/mol. The van der Waals surface area contributed by atoms with E-state index in [2.05, 4.69) is 4.74 Å². The van der Waals surface area contributed by atoms with Crippen molar-refractivity contribution in [3.05, 3.63) is 65.0 Å². The van der Waals surface area contributed by atoms with Crippen molar-refractivity contribution in [1.82, 2.24) is 0 Å². The van der Waals surface area contributed by atoms with Gasteiger partial charge in [0.25, 0.3) is 0 Å². The molecule has 0 aliphatic rings. The highest BCUT2D eigenvalue weighted by Crippen LogP contribution is 2.30. The quantitative estimate of drug-likeness (QED) is 0.925. The summed E-state index contributed by atoms with van der Waals surface area (Å²) in [6, 6.07) is 9.85. The molecule has 0 saturated heterocycles. The van der Waals surface area contributed by atoms with E-state index in [9.17, 15) is 13.2 Å². The summed E-state index contributed by atoms with van der Waals surface area (Å²) in [5.41, 5.74) is 7.85. The van der Waals surface area contributed by atoms with Crippen molar-refractivity contribution in [1.29, 1.82) is 0 Å². The number of para-hydroxylation sites is 1. The zero-order valence-corrected chi connectivity index (χ0v) is 10.8. The largest absolute Gasteiger partial charge is 0.434 e. The first-order valence-electron chi connectivity index (χ1n) is 6.04. The van der Waals surface area contributed by atoms with E-state index in [0.717, 1.165) is 0 Å². The number of halogens is 3. The van der Waals surface area contributed by atoms with Gasteiger partial charge in [-0.1, -0.05) is 24.3 Å². The Labute approximate surface area is 115 Å². The molecule has 0 fully saturated rings. The Hall–Kier alpha value is -2.01. The van der Waals surface area contributed by atoms with E-state index in [1.54, 1.807) is 31.2 Å². The molecule has 1 unspecified atom stereocenters. The molecule has 20 heavy (non-hydrogen) atoms. The first kappa shape index (κ1) is 14.4. The average Bonchev–Trinajstić information content (AvgIpc) is 2.38. The Bertz CT molecular complexity index is 601. The van der Waals surface area contributed by atoms with Crippen LogP contribution in [0.3, 0.4) is 0 Å². The molecule has 2 rings (SSSR count). The van der Waals surface area contributed by atoms with Gasteiger partial charge in [-0.2, -0.15) is 8.78 Å². The van der Waals surface area contributed by atoms with Gasteiger partial charge in [-0.25, -0.2) is 4.39 Å². The van der Waals surface area contributed by atoms with Crippen LogP contribution < -0.4 is 10.5 Å². The molecular weight excluding hydrogens is 267 g/mol. The number of nitrogens with two attached hydrogens (primary N) is 1. The molecule has 5 heteroatoms. The van der Waals surface area contributed by atoms with E-state index in [1.807, 2.05) is 0 Å². The second kappa shape index (κ2) is 5.96. The highest BCUT2D eigenvalue weighted by molar-refractivity contribution is 5.43. The summed E-state index contributed by atoms with van der Waals surface area (Å²) in [6.45, 7) is -1.20. The van der Waals surface area contributed by atoms with Gasteiger partial charge < -0.3 is 10.5 Å². The fraction of sp³-hybridized carbons (Fsp3) is 0.200. The summed E-state index contributed by atoms with van der Waals surface area (Å²) in [7, 11) is 0. The Morgan fingerprint density at radius 1 is 1.05 bits per heavy atom. The zero-order valence-electron chi connectivity index (χ0n) is 10.8. The van der Waals surface area contributed by atoms with Gasteiger partial charge in [0.15, 0.2) is 0 Å². The standard InChI is InChI=1S/C15H14F3NO/c1-9-8-10(16)6-7-11(9)14(19)12-4-2-3-5-13(12)20-15(17)18/h2-8,14-15H,19H2,1H3. The van der Waals surface area contributed by atoms with E-state index in [-0.39, 0.29) is 11.6 Å². The summed E-state index contributed by atoms with van der Waals surface area (Å²) < 4.78 is 42.3. The second-order valence-corrected chi connectivity index (χ2v) is 4.39. The van der Waals surface area contributed by atoms with Gasteiger partial charge in [0, 0.05) is 5.56 Å². The fourth-order valence-electron chi connectivity index (χ4n) is 2.10. The molecule has 2 N–H and O–H groups in total. The molecule has 0 amide bonds. The zero-order chi connectivity index (χ0) is 14.7. The van der Waals surface area contributed by atoms with Crippen LogP contribution in [0.1, 0.15) is 22.7 Å². The van der Waals surface area contributed by atoms with E-state index in [4.69, 9.17) is 5.73 Å². The van der Waals surface area contributed by atoms with Crippen LogP contribution >= 0.6 is 0 Å². The van der Waals surface area contributed by atoms with Crippen LogP contribution in [0.5, 0.6) is 5.75 Å². The maximum absolute atomic E-state index is 13.1. The smallest absolute Gasteiger partial charge is 0.387 e. The number of ether oxygens (including phenoxy) is 1. The number of hydrogen-bond donors (Lipinski definition) is 1. The molecule has 2 aromatic rings. The molecular formula is C15H14F3NO. The van der Waals surface area contributed by atoms with Crippen molar-refractivity contribution < 1.29 is 17.9 Å². The number of rotatable bonds is 4. The Kier molecular flexibility index (Phi) is 4.29. The molecule has 0 spiro atoms. The van der Waals surface area contributed by atoms with E-state index in [0.29, 0.717) is 16.7 Å². The van der Waals surface area contributed by atoms with Gasteiger partial charge >= 0.3 is 6.61 Å².